The van der Waals surface area contributed by atoms with Crippen LogP contribution in [-0.4, -0.2) is 5.06 Å². The molecule has 0 radical (unpaired) electrons. The lowest BCUT2D eigenvalue weighted by molar-refractivity contribution is -0.268. The highest BCUT2D eigenvalue weighted by molar-refractivity contribution is 9.10. The second-order valence-electron chi connectivity index (χ2n) is 6.86. The Balaban J connectivity index is 1.92. The Morgan fingerprint density at radius 3 is 2.23 bits per heavy atom. The summed E-state index contributed by atoms with van der Waals surface area (Å²) in [5, 5.41) is 2.14. The summed E-state index contributed by atoms with van der Waals surface area (Å²) in [4.78, 5) is 6.26. The van der Waals surface area contributed by atoms with Gasteiger partial charge in [0.05, 0.1) is 17.7 Å². The van der Waals surface area contributed by atoms with Crippen molar-refractivity contribution < 1.29 is 4.84 Å². The first-order chi connectivity index (χ1) is 10.3. The molecule has 0 unspecified atom stereocenters. The van der Waals surface area contributed by atoms with Gasteiger partial charge in [0, 0.05) is 4.47 Å². The van der Waals surface area contributed by atoms with Gasteiger partial charge in [-0.15, -0.1) is 0 Å². The number of fused-ring (bicyclic) bond motifs is 1. The molecule has 2 aromatic carbocycles. The molecule has 0 aliphatic carbocycles. The molecule has 1 aliphatic rings. The maximum absolute atomic E-state index is 6.26. The summed E-state index contributed by atoms with van der Waals surface area (Å²) in [6, 6.07) is 16.8. The van der Waals surface area contributed by atoms with Gasteiger partial charge in [-0.25, -0.2) is 0 Å². The topological polar surface area (TPSA) is 12.5 Å². The van der Waals surface area contributed by atoms with Gasteiger partial charge >= 0.3 is 0 Å². The first-order valence-corrected chi connectivity index (χ1v) is 8.40. The Labute approximate surface area is 141 Å². The van der Waals surface area contributed by atoms with Crippen LogP contribution in [0.2, 0.25) is 0 Å². The van der Waals surface area contributed by atoms with Crippen LogP contribution < -0.4 is 0 Å². The molecule has 0 saturated carbocycles. The molecule has 0 amide bonds. The number of hydrogen-bond donors (Lipinski definition) is 0. The highest BCUT2D eigenvalue weighted by Gasteiger charge is 2.50. The molecule has 0 aromatic heterocycles. The number of hydroxylamine groups is 2. The van der Waals surface area contributed by atoms with Crippen molar-refractivity contribution in [2.75, 3.05) is 0 Å². The Morgan fingerprint density at radius 2 is 1.55 bits per heavy atom. The average molecular weight is 360 g/mol. The van der Waals surface area contributed by atoms with Gasteiger partial charge in [-0.05, 0) is 56.5 Å². The van der Waals surface area contributed by atoms with E-state index in [1.165, 1.54) is 16.7 Å². The minimum atomic E-state index is -0.169. The van der Waals surface area contributed by atoms with Crippen molar-refractivity contribution in [1.82, 2.24) is 5.06 Å². The third-order valence-corrected chi connectivity index (χ3v) is 5.01. The lowest BCUT2D eigenvalue weighted by Crippen LogP contribution is -2.45. The van der Waals surface area contributed by atoms with Crippen molar-refractivity contribution in [3.8, 4) is 0 Å². The van der Waals surface area contributed by atoms with Crippen molar-refractivity contribution in [3.63, 3.8) is 0 Å². The molecule has 0 spiro atoms. The van der Waals surface area contributed by atoms with Gasteiger partial charge in [-0.2, -0.15) is 5.06 Å². The van der Waals surface area contributed by atoms with Gasteiger partial charge in [0.1, 0.15) is 0 Å². The Kier molecular flexibility index (Phi) is 3.92. The predicted octanol–water partition coefficient (Wildman–Crippen LogP) is 5.37. The summed E-state index contributed by atoms with van der Waals surface area (Å²) in [6.07, 6.45) is 0. The highest BCUT2D eigenvalue weighted by Crippen LogP contribution is 2.50. The first-order valence-electron chi connectivity index (χ1n) is 7.61. The van der Waals surface area contributed by atoms with Crippen LogP contribution in [0.4, 0.5) is 0 Å². The first kappa shape index (κ1) is 15.7. The fourth-order valence-corrected chi connectivity index (χ4v) is 3.87. The normalized spacial score (nSPS) is 19.1. The Hall–Kier alpha value is -1.16. The van der Waals surface area contributed by atoms with Crippen LogP contribution in [0.1, 0.15) is 44.4 Å². The van der Waals surface area contributed by atoms with E-state index in [0.29, 0.717) is 6.61 Å². The third-order valence-electron chi connectivity index (χ3n) is 4.52. The summed E-state index contributed by atoms with van der Waals surface area (Å²) in [7, 11) is 0. The van der Waals surface area contributed by atoms with E-state index in [9.17, 15) is 0 Å². The van der Waals surface area contributed by atoms with E-state index in [1.54, 1.807) is 0 Å². The minimum Gasteiger partial charge on any atom is -0.293 e. The van der Waals surface area contributed by atoms with E-state index < -0.39 is 0 Å². The molecule has 1 aliphatic heterocycles. The SMILES string of the molecule is CC1(C)c2ccc(Br)cc2C(C)(C)N1OCc1ccccc1. The van der Waals surface area contributed by atoms with Gasteiger partial charge in [0.25, 0.3) is 0 Å². The average Bonchev–Trinajstić information content (AvgIpc) is 2.61. The second-order valence-corrected chi connectivity index (χ2v) is 7.78. The molecule has 116 valence electrons. The minimum absolute atomic E-state index is 0.158. The van der Waals surface area contributed by atoms with Crippen molar-refractivity contribution in [3.05, 3.63) is 69.7 Å². The summed E-state index contributed by atoms with van der Waals surface area (Å²) >= 11 is 3.59. The lowest BCUT2D eigenvalue weighted by Gasteiger charge is -2.39. The molecule has 2 nitrogen and oxygen atoms in total. The van der Waals surface area contributed by atoms with E-state index in [4.69, 9.17) is 4.84 Å². The highest BCUT2D eigenvalue weighted by atomic mass is 79.9. The monoisotopic (exact) mass is 359 g/mol. The van der Waals surface area contributed by atoms with Crippen LogP contribution >= 0.6 is 15.9 Å². The Morgan fingerprint density at radius 1 is 0.909 bits per heavy atom. The van der Waals surface area contributed by atoms with Crippen LogP contribution in [-0.2, 0) is 22.5 Å². The summed E-state index contributed by atoms with van der Waals surface area (Å²) in [6.45, 7) is 9.47. The zero-order chi connectivity index (χ0) is 16.0. The molecular formula is C19H22BrNO. The molecule has 0 saturated heterocycles. The fourth-order valence-electron chi connectivity index (χ4n) is 3.51. The largest absolute Gasteiger partial charge is 0.293 e. The van der Waals surface area contributed by atoms with Crippen LogP contribution in [0.5, 0.6) is 0 Å². The van der Waals surface area contributed by atoms with Gasteiger partial charge in [0.15, 0.2) is 0 Å². The molecule has 0 fully saturated rings. The van der Waals surface area contributed by atoms with Crippen LogP contribution in [0, 0.1) is 0 Å². The summed E-state index contributed by atoms with van der Waals surface area (Å²) < 4.78 is 1.11. The quantitative estimate of drug-likeness (QED) is 0.730. The van der Waals surface area contributed by atoms with Crippen molar-refractivity contribution in [2.24, 2.45) is 0 Å². The maximum atomic E-state index is 6.26. The second kappa shape index (κ2) is 5.48. The van der Waals surface area contributed by atoms with E-state index in [2.05, 4.69) is 79.0 Å². The molecular weight excluding hydrogens is 338 g/mol. The Bertz CT molecular complexity index is 679. The molecule has 0 bridgehead atoms. The van der Waals surface area contributed by atoms with Crippen LogP contribution in [0.15, 0.2) is 53.0 Å². The van der Waals surface area contributed by atoms with Gasteiger partial charge in [0.2, 0.25) is 0 Å². The van der Waals surface area contributed by atoms with Crippen molar-refractivity contribution in [2.45, 2.75) is 45.4 Å². The zero-order valence-electron chi connectivity index (χ0n) is 13.6. The third kappa shape index (κ3) is 2.51. The van der Waals surface area contributed by atoms with Gasteiger partial charge in [-0.1, -0.05) is 52.3 Å². The number of nitrogens with zero attached hydrogens (tertiary/aromatic N) is 1. The van der Waals surface area contributed by atoms with Crippen LogP contribution in [0.3, 0.4) is 0 Å². The molecule has 22 heavy (non-hydrogen) atoms. The van der Waals surface area contributed by atoms with Crippen molar-refractivity contribution >= 4 is 15.9 Å². The summed E-state index contributed by atoms with van der Waals surface area (Å²) in [5.74, 6) is 0. The number of hydrogen-bond acceptors (Lipinski definition) is 2. The fraction of sp³-hybridized carbons (Fsp3) is 0.368. The van der Waals surface area contributed by atoms with E-state index in [-0.39, 0.29) is 11.1 Å². The molecule has 1 heterocycles. The number of benzene rings is 2. The predicted molar refractivity (Wildman–Crippen MR) is 93.3 cm³/mol. The molecule has 0 N–H and O–H groups in total. The van der Waals surface area contributed by atoms with Crippen LogP contribution in [0.25, 0.3) is 0 Å². The van der Waals surface area contributed by atoms with E-state index in [0.717, 1.165) is 4.47 Å². The molecule has 0 atom stereocenters. The van der Waals surface area contributed by atoms with Crippen molar-refractivity contribution in [1.29, 1.82) is 0 Å². The smallest absolute Gasteiger partial charge is 0.0936 e. The van der Waals surface area contributed by atoms with Gasteiger partial charge in [-0.3, -0.25) is 4.84 Å². The summed E-state index contributed by atoms with van der Waals surface area (Å²) in [5.41, 5.74) is 3.51. The number of rotatable bonds is 3. The van der Waals surface area contributed by atoms with E-state index in [1.807, 2.05) is 18.2 Å². The molecule has 3 heteroatoms. The molecule has 3 rings (SSSR count). The lowest BCUT2D eigenvalue weighted by atomic mass is 9.91. The number of halogens is 1. The van der Waals surface area contributed by atoms with Gasteiger partial charge < -0.3 is 0 Å². The zero-order valence-corrected chi connectivity index (χ0v) is 15.1. The maximum Gasteiger partial charge on any atom is 0.0936 e. The standard InChI is InChI=1S/C19H22BrNO/c1-18(2)16-11-10-15(20)12-17(16)19(3,4)21(18)22-13-14-8-6-5-7-9-14/h5-12H,13H2,1-4H3. The van der Waals surface area contributed by atoms with E-state index >= 15 is 0 Å². The molecule has 2 aromatic rings.